The number of nitrogens with zero attached hydrogens (tertiary/aromatic N) is 3. The fraction of sp³-hybridized carbons (Fsp3) is 0.364. The first-order valence-corrected chi connectivity index (χ1v) is 12.0. The Morgan fingerprint density at radius 1 is 1.23 bits per heavy atom. The molecule has 0 atom stereocenters. The zero-order valence-corrected chi connectivity index (χ0v) is 19.7. The monoisotopic (exact) mass is 481 g/mol. The van der Waals surface area contributed by atoms with E-state index in [0.717, 1.165) is 48.6 Å². The van der Waals surface area contributed by atoms with E-state index in [2.05, 4.69) is 17.0 Å². The number of hydrogen-bond donors (Lipinski definition) is 0. The maximum Gasteiger partial charge on any atom is 0.233 e. The molecule has 31 heavy (non-hydrogen) atoms. The number of aromatic nitrogens is 1. The Morgan fingerprint density at radius 3 is 2.68 bits per heavy atom. The van der Waals surface area contributed by atoms with Crippen molar-refractivity contribution in [3.8, 4) is 0 Å². The predicted molar refractivity (Wildman–Crippen MR) is 128 cm³/mol. The fourth-order valence-corrected chi connectivity index (χ4v) is 4.96. The molecule has 4 rings (SSSR count). The van der Waals surface area contributed by atoms with Crippen LogP contribution in [-0.2, 0) is 16.0 Å². The van der Waals surface area contributed by atoms with Crippen molar-refractivity contribution in [3.05, 3.63) is 53.8 Å². The number of carbonyl (C=O) groups excluding carboxylic acids is 1. The third-order valence-electron chi connectivity index (χ3n) is 5.13. The van der Waals surface area contributed by atoms with Crippen molar-refractivity contribution in [1.82, 2.24) is 9.88 Å². The number of morpholine rings is 1. The second kappa shape index (κ2) is 11.2. The molecule has 0 spiro atoms. The Labute approximate surface area is 196 Å². The minimum absolute atomic E-state index is 0. The van der Waals surface area contributed by atoms with E-state index in [0.29, 0.717) is 11.7 Å². The molecule has 1 aliphatic heterocycles. The smallest absolute Gasteiger partial charge is 0.233 e. The molecule has 5 nitrogen and oxygen atoms in total. The fourth-order valence-electron chi connectivity index (χ4n) is 3.40. The number of fused-ring (bicyclic) bond motifs is 1. The van der Waals surface area contributed by atoms with Gasteiger partial charge in [-0.1, -0.05) is 23.5 Å². The molecule has 1 aliphatic rings. The van der Waals surface area contributed by atoms with Crippen molar-refractivity contribution in [2.75, 3.05) is 50.5 Å². The molecular formula is C22H25ClFN3O2S2. The van der Waals surface area contributed by atoms with Gasteiger partial charge in [0.05, 0.1) is 29.9 Å². The molecular weight excluding hydrogens is 457 g/mol. The van der Waals surface area contributed by atoms with E-state index in [1.165, 1.54) is 17.0 Å². The van der Waals surface area contributed by atoms with Crippen LogP contribution in [0.3, 0.4) is 0 Å². The molecule has 2 aromatic carbocycles. The van der Waals surface area contributed by atoms with E-state index < -0.39 is 0 Å². The molecule has 1 amide bonds. The van der Waals surface area contributed by atoms with Crippen LogP contribution in [0.5, 0.6) is 0 Å². The summed E-state index contributed by atoms with van der Waals surface area (Å²) in [5.41, 5.74) is 1.70. The summed E-state index contributed by atoms with van der Waals surface area (Å²) in [6.45, 7) is 4.53. The average Bonchev–Trinajstić information content (AvgIpc) is 3.19. The molecule has 1 saturated heterocycles. The highest BCUT2D eigenvalue weighted by molar-refractivity contribution is 7.98. The Balaban J connectivity index is 0.00000272. The number of thiazole rings is 1. The largest absolute Gasteiger partial charge is 0.379 e. The van der Waals surface area contributed by atoms with Crippen molar-refractivity contribution in [1.29, 1.82) is 0 Å². The van der Waals surface area contributed by atoms with Crippen molar-refractivity contribution < 1.29 is 13.9 Å². The summed E-state index contributed by atoms with van der Waals surface area (Å²) in [7, 11) is 0. The van der Waals surface area contributed by atoms with Gasteiger partial charge >= 0.3 is 0 Å². The number of ether oxygens (including phenoxy) is 1. The Bertz CT molecular complexity index is 1010. The van der Waals surface area contributed by atoms with Crippen molar-refractivity contribution in [2.24, 2.45) is 0 Å². The lowest BCUT2D eigenvalue weighted by atomic mass is 10.1. The van der Waals surface area contributed by atoms with Gasteiger partial charge in [-0.05, 0) is 42.2 Å². The zero-order chi connectivity index (χ0) is 20.9. The first kappa shape index (κ1) is 23.9. The van der Waals surface area contributed by atoms with Crippen LogP contribution >= 0.6 is 35.5 Å². The third-order valence-corrected chi connectivity index (χ3v) is 6.89. The lowest BCUT2D eigenvalue weighted by Gasteiger charge is -2.29. The maximum absolute atomic E-state index is 13.2. The highest BCUT2D eigenvalue weighted by atomic mass is 35.5. The molecule has 0 unspecified atom stereocenters. The predicted octanol–water partition coefficient (Wildman–Crippen LogP) is 4.49. The number of thioether (sulfide) groups is 1. The van der Waals surface area contributed by atoms with Gasteiger partial charge in [0.2, 0.25) is 5.91 Å². The maximum atomic E-state index is 13.2. The number of anilines is 1. The highest BCUT2D eigenvalue weighted by Gasteiger charge is 2.22. The van der Waals surface area contributed by atoms with E-state index >= 15 is 0 Å². The first-order valence-electron chi connectivity index (χ1n) is 9.92. The van der Waals surface area contributed by atoms with E-state index in [9.17, 15) is 9.18 Å². The van der Waals surface area contributed by atoms with Crippen molar-refractivity contribution in [2.45, 2.75) is 11.3 Å². The van der Waals surface area contributed by atoms with Crippen LogP contribution in [-0.4, -0.2) is 61.4 Å². The lowest BCUT2D eigenvalue weighted by molar-refractivity contribution is -0.118. The van der Waals surface area contributed by atoms with Gasteiger partial charge in [0.25, 0.3) is 0 Å². The lowest BCUT2D eigenvalue weighted by Crippen LogP contribution is -2.43. The van der Waals surface area contributed by atoms with Crippen molar-refractivity contribution in [3.63, 3.8) is 0 Å². The molecule has 1 fully saturated rings. The van der Waals surface area contributed by atoms with Crippen LogP contribution in [0, 0.1) is 5.82 Å². The van der Waals surface area contributed by atoms with Gasteiger partial charge in [0, 0.05) is 31.1 Å². The quantitative estimate of drug-likeness (QED) is 0.465. The van der Waals surface area contributed by atoms with Crippen molar-refractivity contribution >= 4 is 56.8 Å². The second-order valence-electron chi connectivity index (χ2n) is 7.13. The number of rotatable bonds is 7. The van der Waals surface area contributed by atoms with E-state index in [1.807, 2.05) is 12.3 Å². The van der Waals surface area contributed by atoms with E-state index in [-0.39, 0.29) is 30.6 Å². The topological polar surface area (TPSA) is 45.7 Å². The summed E-state index contributed by atoms with van der Waals surface area (Å²) < 4.78 is 19.7. The summed E-state index contributed by atoms with van der Waals surface area (Å²) in [6.07, 6.45) is 2.26. The van der Waals surface area contributed by atoms with Crippen LogP contribution in [0.25, 0.3) is 10.2 Å². The Hall–Kier alpha value is -1.71. The standard InChI is InChI=1S/C22H24FN3O2S2.ClH/c1-29-18-6-7-19-20(15-18)30-22(24-19)26(9-8-25-10-12-28-13-11-25)21(27)14-16-2-4-17(23)5-3-16;/h2-7,15H,8-14H2,1H3;1H. The molecule has 1 aromatic heterocycles. The Kier molecular flexibility index (Phi) is 8.68. The van der Waals surface area contributed by atoms with Crippen LogP contribution in [0.4, 0.5) is 9.52 Å². The molecule has 0 aliphatic carbocycles. The molecule has 0 N–H and O–H groups in total. The summed E-state index contributed by atoms with van der Waals surface area (Å²) in [5.74, 6) is -0.329. The number of amides is 1. The number of benzene rings is 2. The zero-order valence-electron chi connectivity index (χ0n) is 17.3. The minimum Gasteiger partial charge on any atom is -0.379 e. The average molecular weight is 482 g/mol. The molecule has 9 heteroatoms. The molecule has 0 radical (unpaired) electrons. The minimum atomic E-state index is -0.300. The number of halogens is 2. The number of hydrogen-bond acceptors (Lipinski definition) is 6. The van der Waals surface area contributed by atoms with Gasteiger partial charge in [0.1, 0.15) is 5.82 Å². The van der Waals surface area contributed by atoms with Crippen LogP contribution < -0.4 is 4.90 Å². The normalized spacial score (nSPS) is 14.4. The second-order valence-corrected chi connectivity index (χ2v) is 9.02. The van der Waals surface area contributed by atoms with Gasteiger partial charge in [-0.25, -0.2) is 9.37 Å². The van der Waals surface area contributed by atoms with Crippen LogP contribution in [0.1, 0.15) is 5.56 Å². The molecule has 0 saturated carbocycles. The van der Waals surface area contributed by atoms with Gasteiger partial charge in [0.15, 0.2) is 5.13 Å². The molecule has 166 valence electrons. The van der Waals surface area contributed by atoms with Gasteiger partial charge in [-0.3, -0.25) is 14.6 Å². The summed E-state index contributed by atoms with van der Waals surface area (Å²) in [5, 5.41) is 0.712. The summed E-state index contributed by atoms with van der Waals surface area (Å²) in [4.78, 5) is 23.2. The van der Waals surface area contributed by atoms with E-state index in [1.54, 1.807) is 40.1 Å². The van der Waals surface area contributed by atoms with Gasteiger partial charge in [-0.2, -0.15) is 0 Å². The number of carbonyl (C=O) groups is 1. The molecule has 3 aromatic rings. The first-order chi connectivity index (χ1) is 14.6. The van der Waals surface area contributed by atoms with Gasteiger partial charge in [-0.15, -0.1) is 24.2 Å². The Morgan fingerprint density at radius 2 is 1.97 bits per heavy atom. The van der Waals surface area contributed by atoms with Crippen LogP contribution in [0.2, 0.25) is 0 Å². The van der Waals surface area contributed by atoms with Gasteiger partial charge < -0.3 is 4.74 Å². The molecule has 0 bridgehead atoms. The third kappa shape index (κ3) is 6.17. The summed E-state index contributed by atoms with van der Waals surface area (Å²) >= 11 is 3.23. The van der Waals surface area contributed by atoms with E-state index in [4.69, 9.17) is 9.72 Å². The summed E-state index contributed by atoms with van der Waals surface area (Å²) in [6, 6.07) is 12.3. The molecule has 2 heterocycles. The SMILES string of the molecule is CSc1ccc2nc(N(CCN3CCOCC3)C(=O)Cc3ccc(F)cc3)sc2c1.Cl. The van der Waals surface area contributed by atoms with Crippen LogP contribution in [0.15, 0.2) is 47.4 Å². The highest BCUT2D eigenvalue weighted by Crippen LogP contribution is 2.32.